The van der Waals surface area contributed by atoms with E-state index in [-0.39, 0.29) is 5.91 Å². The number of rotatable bonds is 4. The number of anilines is 1. The summed E-state index contributed by atoms with van der Waals surface area (Å²) < 4.78 is 6.80. The van der Waals surface area contributed by atoms with Crippen LogP contribution in [0.1, 0.15) is 36.1 Å². The average molecular weight is 353 g/mol. The topological polar surface area (TPSA) is 80.3 Å². The summed E-state index contributed by atoms with van der Waals surface area (Å²) in [6.07, 6.45) is 4.21. The first-order valence-electron chi connectivity index (χ1n) is 8.14. The van der Waals surface area contributed by atoms with Crippen LogP contribution in [-0.2, 0) is 13.5 Å². The SMILES string of the molecule is CCCc1nc(N2CCCN(C(=O)c3nn(C)cc3Cl)CC2)no1. The molecule has 1 amide bonds. The molecule has 1 aliphatic rings. The number of amides is 1. The van der Waals surface area contributed by atoms with Crippen LogP contribution in [0, 0.1) is 0 Å². The van der Waals surface area contributed by atoms with Gasteiger partial charge in [0.1, 0.15) is 0 Å². The highest BCUT2D eigenvalue weighted by atomic mass is 35.5. The minimum Gasteiger partial charge on any atom is -0.337 e. The Bertz CT molecular complexity index is 713. The molecule has 9 heteroatoms. The van der Waals surface area contributed by atoms with Crippen molar-refractivity contribution >= 4 is 23.5 Å². The lowest BCUT2D eigenvalue weighted by molar-refractivity contribution is 0.0760. The largest absolute Gasteiger partial charge is 0.337 e. The molecule has 3 rings (SSSR count). The smallest absolute Gasteiger partial charge is 0.275 e. The number of aryl methyl sites for hydroxylation is 2. The highest BCUT2D eigenvalue weighted by molar-refractivity contribution is 6.33. The quantitative estimate of drug-likeness (QED) is 0.834. The molecule has 2 aromatic rings. The van der Waals surface area contributed by atoms with E-state index < -0.39 is 0 Å². The average Bonchev–Trinajstić information content (AvgIpc) is 3.05. The molecule has 130 valence electrons. The van der Waals surface area contributed by atoms with Gasteiger partial charge in [0.25, 0.3) is 11.9 Å². The number of hydrogen-bond donors (Lipinski definition) is 0. The number of carbonyl (C=O) groups excluding carboxylic acids is 1. The lowest BCUT2D eigenvalue weighted by Crippen LogP contribution is -2.35. The summed E-state index contributed by atoms with van der Waals surface area (Å²) in [4.78, 5) is 20.9. The van der Waals surface area contributed by atoms with Crippen LogP contribution in [0.3, 0.4) is 0 Å². The third-order valence-corrected chi connectivity index (χ3v) is 4.25. The molecule has 8 nitrogen and oxygen atoms in total. The molecular formula is C15H21ClN6O2. The second-order valence-corrected chi connectivity index (χ2v) is 6.28. The lowest BCUT2D eigenvalue weighted by atomic mass is 10.3. The molecule has 3 heterocycles. The molecule has 0 aromatic carbocycles. The van der Waals surface area contributed by atoms with Crippen molar-refractivity contribution in [3.63, 3.8) is 0 Å². The van der Waals surface area contributed by atoms with Crippen LogP contribution in [0.5, 0.6) is 0 Å². The first kappa shape index (κ1) is 16.8. The Morgan fingerprint density at radius 1 is 1.33 bits per heavy atom. The summed E-state index contributed by atoms with van der Waals surface area (Å²) >= 11 is 6.08. The van der Waals surface area contributed by atoms with Crippen LogP contribution in [0.15, 0.2) is 10.7 Å². The molecule has 0 spiro atoms. The molecule has 24 heavy (non-hydrogen) atoms. The monoisotopic (exact) mass is 352 g/mol. The van der Waals surface area contributed by atoms with Crippen molar-refractivity contribution in [2.75, 3.05) is 31.1 Å². The Labute approximate surface area is 145 Å². The molecule has 1 aliphatic heterocycles. The first-order valence-corrected chi connectivity index (χ1v) is 8.52. The van der Waals surface area contributed by atoms with Crippen LogP contribution in [0.2, 0.25) is 5.02 Å². The van der Waals surface area contributed by atoms with Gasteiger partial charge in [0.15, 0.2) is 5.69 Å². The van der Waals surface area contributed by atoms with Crippen LogP contribution in [-0.4, -0.2) is 56.9 Å². The summed E-state index contributed by atoms with van der Waals surface area (Å²) in [6.45, 7) is 4.74. The van der Waals surface area contributed by atoms with Crippen molar-refractivity contribution in [3.8, 4) is 0 Å². The van der Waals surface area contributed by atoms with Crippen molar-refractivity contribution in [3.05, 3.63) is 22.8 Å². The van der Waals surface area contributed by atoms with Gasteiger partial charge in [0.2, 0.25) is 5.89 Å². The maximum atomic E-state index is 12.6. The van der Waals surface area contributed by atoms with Gasteiger partial charge in [-0.25, -0.2) is 0 Å². The van der Waals surface area contributed by atoms with E-state index in [0.29, 0.717) is 42.2 Å². The van der Waals surface area contributed by atoms with Crippen molar-refractivity contribution in [1.29, 1.82) is 0 Å². The molecule has 0 radical (unpaired) electrons. The molecule has 0 N–H and O–H groups in total. The molecule has 1 fully saturated rings. The Morgan fingerprint density at radius 2 is 2.17 bits per heavy atom. The molecular weight excluding hydrogens is 332 g/mol. The van der Waals surface area contributed by atoms with Gasteiger partial charge < -0.3 is 14.3 Å². The Hall–Kier alpha value is -2.09. The van der Waals surface area contributed by atoms with Gasteiger partial charge in [0.05, 0.1) is 5.02 Å². The summed E-state index contributed by atoms with van der Waals surface area (Å²) in [7, 11) is 1.75. The van der Waals surface area contributed by atoms with E-state index in [2.05, 4.69) is 27.1 Å². The zero-order chi connectivity index (χ0) is 17.1. The van der Waals surface area contributed by atoms with E-state index in [9.17, 15) is 4.79 Å². The van der Waals surface area contributed by atoms with Gasteiger partial charge in [0, 0.05) is 45.8 Å². The number of carbonyl (C=O) groups is 1. The van der Waals surface area contributed by atoms with Gasteiger partial charge in [-0.05, 0) is 18.0 Å². The summed E-state index contributed by atoms with van der Waals surface area (Å²) in [5.41, 5.74) is 0.303. The highest BCUT2D eigenvalue weighted by Crippen LogP contribution is 2.18. The summed E-state index contributed by atoms with van der Waals surface area (Å²) in [6, 6.07) is 0. The van der Waals surface area contributed by atoms with Crippen molar-refractivity contribution < 1.29 is 9.32 Å². The number of hydrogen-bond acceptors (Lipinski definition) is 6. The fraction of sp³-hybridized carbons (Fsp3) is 0.600. The normalized spacial score (nSPS) is 15.6. The predicted octanol–water partition coefficient (Wildman–Crippen LogP) is 1.76. The van der Waals surface area contributed by atoms with Crippen molar-refractivity contribution in [2.45, 2.75) is 26.2 Å². The fourth-order valence-electron chi connectivity index (χ4n) is 2.76. The molecule has 1 saturated heterocycles. The molecule has 0 unspecified atom stereocenters. The summed E-state index contributed by atoms with van der Waals surface area (Å²) in [5.74, 6) is 1.12. The maximum Gasteiger partial charge on any atom is 0.275 e. The van der Waals surface area contributed by atoms with E-state index in [1.807, 2.05) is 0 Å². The summed E-state index contributed by atoms with van der Waals surface area (Å²) in [5, 5.41) is 8.58. The number of aromatic nitrogens is 4. The van der Waals surface area contributed by atoms with E-state index in [4.69, 9.17) is 16.1 Å². The fourth-order valence-corrected chi connectivity index (χ4v) is 3.02. The van der Waals surface area contributed by atoms with Gasteiger partial charge in [-0.3, -0.25) is 9.48 Å². The first-order chi connectivity index (χ1) is 11.6. The Kier molecular flexibility index (Phi) is 5.03. The van der Waals surface area contributed by atoms with Gasteiger partial charge >= 0.3 is 0 Å². The second-order valence-electron chi connectivity index (χ2n) is 5.87. The van der Waals surface area contributed by atoms with Crippen LogP contribution < -0.4 is 4.90 Å². The highest BCUT2D eigenvalue weighted by Gasteiger charge is 2.25. The second kappa shape index (κ2) is 7.21. The zero-order valence-electron chi connectivity index (χ0n) is 13.9. The Morgan fingerprint density at radius 3 is 2.88 bits per heavy atom. The minimum absolute atomic E-state index is 0.137. The van der Waals surface area contributed by atoms with Crippen molar-refractivity contribution in [1.82, 2.24) is 24.8 Å². The van der Waals surface area contributed by atoms with Gasteiger partial charge in [-0.1, -0.05) is 18.5 Å². The van der Waals surface area contributed by atoms with Crippen LogP contribution >= 0.6 is 11.6 Å². The third kappa shape index (κ3) is 3.53. The Balaban J connectivity index is 1.66. The molecule has 2 aromatic heterocycles. The molecule has 0 atom stereocenters. The van der Waals surface area contributed by atoms with E-state index in [1.54, 1.807) is 22.8 Å². The van der Waals surface area contributed by atoms with E-state index in [0.717, 1.165) is 25.8 Å². The predicted molar refractivity (Wildman–Crippen MR) is 89.2 cm³/mol. The van der Waals surface area contributed by atoms with E-state index in [1.165, 1.54) is 0 Å². The third-order valence-electron chi connectivity index (χ3n) is 3.97. The number of nitrogens with zero attached hydrogens (tertiary/aromatic N) is 6. The van der Waals surface area contributed by atoms with Crippen LogP contribution in [0.25, 0.3) is 0 Å². The van der Waals surface area contributed by atoms with Gasteiger partial charge in [-0.15, -0.1) is 0 Å². The van der Waals surface area contributed by atoms with E-state index >= 15 is 0 Å². The number of halogens is 1. The molecule has 0 saturated carbocycles. The zero-order valence-corrected chi connectivity index (χ0v) is 14.7. The minimum atomic E-state index is -0.137. The molecule has 0 aliphatic carbocycles. The van der Waals surface area contributed by atoms with Crippen molar-refractivity contribution in [2.24, 2.45) is 7.05 Å². The maximum absolute atomic E-state index is 12.6. The molecule has 0 bridgehead atoms. The van der Waals surface area contributed by atoms with Gasteiger partial charge in [-0.2, -0.15) is 10.1 Å². The van der Waals surface area contributed by atoms with Crippen LogP contribution in [0.4, 0.5) is 5.95 Å². The lowest BCUT2D eigenvalue weighted by Gasteiger charge is -2.20. The standard InChI is InChI=1S/C15H21ClN6O2/c1-3-5-12-17-15(19-24-12)22-7-4-6-21(8-9-22)14(23)13-11(16)10-20(2)18-13/h10H,3-9H2,1-2H3.